The van der Waals surface area contributed by atoms with E-state index in [9.17, 15) is 9.59 Å². The van der Waals surface area contributed by atoms with Gasteiger partial charge in [-0.2, -0.15) is 0 Å². The van der Waals surface area contributed by atoms with Gasteiger partial charge >= 0.3 is 0 Å². The van der Waals surface area contributed by atoms with Crippen molar-refractivity contribution in [1.82, 2.24) is 24.8 Å². The first kappa shape index (κ1) is 22.1. The lowest BCUT2D eigenvalue weighted by Gasteiger charge is -2.39. The minimum absolute atomic E-state index is 0.0186. The second-order valence-corrected chi connectivity index (χ2v) is 9.13. The van der Waals surface area contributed by atoms with E-state index in [1.54, 1.807) is 18.2 Å². The number of anilines is 1. The third-order valence-corrected chi connectivity index (χ3v) is 6.26. The van der Waals surface area contributed by atoms with Crippen LogP contribution < -0.4 is 11.3 Å². The normalized spacial score (nSPS) is 18.8. The number of aromatic nitrogens is 3. The Bertz CT molecular complexity index is 1440. The molecular formula is C25H28N6O3. The largest absolute Gasteiger partial charge is 0.397 e. The van der Waals surface area contributed by atoms with Crippen molar-refractivity contribution in [2.75, 3.05) is 39.5 Å². The van der Waals surface area contributed by atoms with Gasteiger partial charge in [-0.3, -0.25) is 9.59 Å². The van der Waals surface area contributed by atoms with Gasteiger partial charge in [0.05, 0.1) is 41.0 Å². The lowest BCUT2D eigenvalue weighted by Crippen LogP contribution is -2.53. The molecule has 2 aromatic carbocycles. The third kappa shape index (κ3) is 3.93. The van der Waals surface area contributed by atoms with Crippen molar-refractivity contribution in [3.63, 3.8) is 0 Å². The van der Waals surface area contributed by atoms with E-state index in [1.165, 1.54) is 0 Å². The first-order chi connectivity index (χ1) is 16.3. The number of para-hydroxylation sites is 1. The van der Waals surface area contributed by atoms with Gasteiger partial charge in [0.25, 0.3) is 11.5 Å². The molecule has 2 atom stereocenters. The number of nitrogens with one attached hydrogen (secondary N) is 2. The molecule has 9 nitrogen and oxygen atoms in total. The van der Waals surface area contributed by atoms with Crippen LogP contribution in [0, 0.1) is 0 Å². The van der Waals surface area contributed by atoms with Gasteiger partial charge in [-0.05, 0) is 45.3 Å². The lowest BCUT2D eigenvalue weighted by molar-refractivity contribution is -0.0546. The molecule has 2 aromatic heterocycles. The molecule has 34 heavy (non-hydrogen) atoms. The first-order valence-electron chi connectivity index (χ1n) is 11.3. The van der Waals surface area contributed by atoms with Crippen molar-refractivity contribution < 1.29 is 9.53 Å². The van der Waals surface area contributed by atoms with Gasteiger partial charge in [0.1, 0.15) is 11.4 Å². The van der Waals surface area contributed by atoms with Crippen molar-refractivity contribution >= 4 is 33.5 Å². The predicted molar refractivity (Wildman–Crippen MR) is 133 cm³/mol. The molecule has 4 aromatic rings. The number of fused-ring (bicyclic) bond motifs is 2. The van der Waals surface area contributed by atoms with Crippen molar-refractivity contribution in [1.29, 1.82) is 0 Å². The molecule has 1 aliphatic rings. The zero-order valence-corrected chi connectivity index (χ0v) is 19.5. The van der Waals surface area contributed by atoms with E-state index in [1.807, 2.05) is 50.2 Å². The fourth-order valence-electron chi connectivity index (χ4n) is 4.55. The van der Waals surface area contributed by atoms with Crippen LogP contribution in [0.3, 0.4) is 0 Å². The Kier molecular flexibility index (Phi) is 5.59. The minimum atomic E-state index is -0.319. The molecule has 1 fully saturated rings. The first-order valence-corrected chi connectivity index (χ1v) is 11.3. The maximum Gasteiger partial charge on any atom is 0.261 e. The molecule has 5 rings (SSSR count). The van der Waals surface area contributed by atoms with Crippen molar-refractivity contribution in [2.24, 2.45) is 0 Å². The summed E-state index contributed by atoms with van der Waals surface area (Å²) in [6.07, 6.45) is -0.0276. The van der Waals surface area contributed by atoms with Gasteiger partial charge < -0.3 is 30.2 Å². The van der Waals surface area contributed by atoms with E-state index in [0.717, 1.165) is 11.9 Å². The van der Waals surface area contributed by atoms with Crippen LogP contribution in [0.15, 0.2) is 47.3 Å². The highest BCUT2D eigenvalue weighted by molar-refractivity contribution is 6.00. The number of nitrogen functional groups attached to an aromatic ring is 1. The summed E-state index contributed by atoms with van der Waals surface area (Å²) in [5.41, 5.74) is 9.23. The Hall–Kier alpha value is -3.69. The number of hydrogen-bond acceptors (Lipinski definition) is 6. The fourth-order valence-corrected chi connectivity index (χ4v) is 4.55. The molecule has 4 N–H and O–H groups in total. The number of aromatic amines is 2. The Morgan fingerprint density at radius 3 is 2.79 bits per heavy atom. The summed E-state index contributed by atoms with van der Waals surface area (Å²) >= 11 is 0. The molecule has 1 amide bonds. The summed E-state index contributed by atoms with van der Waals surface area (Å²) in [6.45, 7) is 3.78. The molecule has 0 radical (unpaired) electrons. The molecule has 1 aliphatic heterocycles. The van der Waals surface area contributed by atoms with Crippen LogP contribution in [-0.4, -0.2) is 76.6 Å². The zero-order valence-electron chi connectivity index (χ0n) is 19.5. The monoisotopic (exact) mass is 460 g/mol. The smallest absolute Gasteiger partial charge is 0.261 e. The number of ether oxygens (including phenoxy) is 1. The van der Waals surface area contributed by atoms with Gasteiger partial charge in [-0.25, -0.2) is 4.98 Å². The summed E-state index contributed by atoms with van der Waals surface area (Å²) in [7, 11) is 3.98. The number of likely N-dealkylation sites (N-methyl/N-ethyl adjacent to an activating group) is 1. The summed E-state index contributed by atoms with van der Waals surface area (Å²) < 4.78 is 5.90. The number of nitrogens with two attached hydrogens (primary N) is 1. The number of nitrogens with zero attached hydrogens (tertiary/aromatic N) is 3. The van der Waals surface area contributed by atoms with Crippen LogP contribution in [0.2, 0.25) is 0 Å². The molecule has 0 spiro atoms. The molecule has 9 heteroatoms. The van der Waals surface area contributed by atoms with Gasteiger partial charge in [0.15, 0.2) is 0 Å². The Morgan fingerprint density at radius 2 is 2.00 bits per heavy atom. The van der Waals surface area contributed by atoms with E-state index in [4.69, 9.17) is 10.5 Å². The zero-order chi connectivity index (χ0) is 24.0. The average Bonchev–Trinajstić information content (AvgIpc) is 3.22. The molecule has 176 valence electrons. The second-order valence-electron chi connectivity index (χ2n) is 9.13. The summed E-state index contributed by atoms with van der Waals surface area (Å²) in [5, 5.41) is 0.752. The van der Waals surface area contributed by atoms with Gasteiger partial charge in [0.2, 0.25) is 0 Å². The minimum Gasteiger partial charge on any atom is -0.397 e. The number of hydrogen-bond donors (Lipinski definition) is 3. The van der Waals surface area contributed by atoms with Crippen LogP contribution in [0.1, 0.15) is 17.3 Å². The number of pyridine rings is 1. The summed E-state index contributed by atoms with van der Waals surface area (Å²) in [4.78, 5) is 40.7. The number of H-pyrrole nitrogens is 2. The van der Waals surface area contributed by atoms with E-state index < -0.39 is 0 Å². The van der Waals surface area contributed by atoms with E-state index in [2.05, 4.69) is 19.9 Å². The van der Waals surface area contributed by atoms with E-state index in [-0.39, 0.29) is 29.2 Å². The molecule has 0 saturated carbocycles. The van der Waals surface area contributed by atoms with E-state index in [0.29, 0.717) is 46.8 Å². The maximum absolute atomic E-state index is 13.4. The highest BCUT2D eigenvalue weighted by atomic mass is 16.5. The number of carbonyl (C=O) groups is 1. The highest BCUT2D eigenvalue weighted by Crippen LogP contribution is 2.28. The average molecular weight is 461 g/mol. The number of benzene rings is 2. The molecule has 0 aliphatic carbocycles. The number of imidazole rings is 1. The maximum atomic E-state index is 13.4. The molecule has 0 bridgehead atoms. The van der Waals surface area contributed by atoms with Crippen LogP contribution in [0.4, 0.5) is 5.69 Å². The molecular weight excluding hydrogens is 432 g/mol. The lowest BCUT2D eigenvalue weighted by atomic mass is 10.1. The van der Waals surface area contributed by atoms with Crippen molar-refractivity contribution in [3.8, 4) is 11.4 Å². The van der Waals surface area contributed by atoms with Crippen LogP contribution >= 0.6 is 0 Å². The standard InChI is InChI=1S/C25H28N6O3/c1-14-13-34-16(11-30(2)3)12-31(14)25(33)15-8-9-19-20(10-15)28-23(27-19)21-22(26)17-6-4-5-7-18(17)29-24(21)32/h4-10,14,16H,11-13H2,1-3H3,(H,27,28)(H3,26,29,32)/t14-,16+/m0/s1. The topological polar surface area (TPSA) is 120 Å². The fraction of sp³-hybridized carbons (Fsp3) is 0.320. The van der Waals surface area contributed by atoms with Crippen LogP contribution in [0.5, 0.6) is 0 Å². The molecule has 3 heterocycles. The highest BCUT2D eigenvalue weighted by Gasteiger charge is 2.30. The van der Waals surface area contributed by atoms with Gasteiger partial charge in [-0.1, -0.05) is 18.2 Å². The predicted octanol–water partition coefficient (Wildman–Crippen LogP) is 2.44. The summed E-state index contributed by atoms with van der Waals surface area (Å²) in [5.74, 6) is 0.315. The van der Waals surface area contributed by atoms with Gasteiger partial charge in [0, 0.05) is 24.0 Å². The Morgan fingerprint density at radius 1 is 1.21 bits per heavy atom. The Labute approximate surface area is 196 Å². The van der Waals surface area contributed by atoms with Crippen LogP contribution in [0.25, 0.3) is 33.3 Å². The molecule has 1 saturated heterocycles. The number of rotatable bonds is 4. The van der Waals surface area contributed by atoms with Crippen molar-refractivity contribution in [3.05, 3.63) is 58.4 Å². The van der Waals surface area contributed by atoms with Crippen LogP contribution in [-0.2, 0) is 4.74 Å². The van der Waals surface area contributed by atoms with E-state index >= 15 is 0 Å². The van der Waals surface area contributed by atoms with Gasteiger partial charge in [-0.15, -0.1) is 0 Å². The second kappa shape index (κ2) is 8.58. The Balaban J connectivity index is 1.49. The summed E-state index contributed by atoms with van der Waals surface area (Å²) in [6, 6.07) is 12.7. The number of morpholine rings is 1. The quantitative estimate of drug-likeness (QED) is 0.430. The SMILES string of the molecule is C[C@H]1CO[C@H](CN(C)C)CN1C(=O)c1ccc2nc(-c3c(N)c4ccccc4[nH]c3=O)[nH]c2c1. The third-order valence-electron chi connectivity index (χ3n) is 6.26. The molecule has 0 unspecified atom stereocenters. The number of amides is 1. The van der Waals surface area contributed by atoms with Crippen molar-refractivity contribution in [2.45, 2.75) is 19.1 Å². The number of carbonyl (C=O) groups excluding carboxylic acids is 1.